The van der Waals surface area contributed by atoms with Gasteiger partial charge in [-0.15, -0.1) is 11.8 Å². The number of carbonyl (C=O) groups is 2. The Labute approximate surface area is 178 Å². The molecule has 29 heavy (non-hydrogen) atoms. The van der Waals surface area contributed by atoms with Crippen LogP contribution in [0.2, 0.25) is 5.02 Å². The molecule has 0 heterocycles. The van der Waals surface area contributed by atoms with Crippen molar-refractivity contribution in [2.45, 2.75) is 4.90 Å². The summed E-state index contributed by atoms with van der Waals surface area (Å²) in [6.07, 6.45) is 0. The fourth-order valence-corrected chi connectivity index (χ4v) is 3.53. The smallest absolute Gasteiger partial charge is 0.255 e. The highest BCUT2D eigenvalue weighted by Gasteiger charge is 2.09. The number of hydrogen-bond acceptors (Lipinski definition) is 4. The van der Waals surface area contributed by atoms with E-state index in [1.807, 2.05) is 30.3 Å². The molecule has 0 aromatic heterocycles. The Morgan fingerprint density at radius 3 is 2.55 bits per heavy atom. The number of carbonyl (C=O) groups excluding carboxylic acids is 2. The molecule has 0 bridgehead atoms. The minimum absolute atomic E-state index is 0.145. The summed E-state index contributed by atoms with van der Waals surface area (Å²) >= 11 is 7.31. The van der Waals surface area contributed by atoms with Gasteiger partial charge in [-0.2, -0.15) is 0 Å². The quantitative estimate of drug-likeness (QED) is 0.501. The minimum Gasteiger partial charge on any atom is -0.495 e. The molecule has 2 amide bonds. The molecule has 0 saturated carbocycles. The maximum absolute atomic E-state index is 12.4. The van der Waals surface area contributed by atoms with Gasteiger partial charge in [0.15, 0.2) is 0 Å². The van der Waals surface area contributed by atoms with Gasteiger partial charge in [-0.3, -0.25) is 9.59 Å². The summed E-state index contributed by atoms with van der Waals surface area (Å²) in [6, 6.07) is 21.3. The van der Waals surface area contributed by atoms with Crippen LogP contribution in [0.1, 0.15) is 10.4 Å². The standard InChI is InChI=1S/C22H19ClN2O3S/c1-28-20-11-3-2-10-19(20)25-21(26)14-29-18-9-5-8-17(13-18)24-22(27)15-6-4-7-16(23)12-15/h2-13H,14H2,1H3,(H,24,27)(H,25,26). The van der Waals surface area contributed by atoms with Crippen molar-refractivity contribution in [3.8, 4) is 5.75 Å². The molecule has 0 atom stereocenters. The van der Waals surface area contributed by atoms with Gasteiger partial charge in [0.2, 0.25) is 5.91 Å². The summed E-state index contributed by atoms with van der Waals surface area (Å²) in [7, 11) is 1.56. The lowest BCUT2D eigenvalue weighted by atomic mass is 10.2. The van der Waals surface area contributed by atoms with Crippen molar-refractivity contribution in [1.82, 2.24) is 0 Å². The first-order valence-corrected chi connectivity index (χ1v) is 10.1. The zero-order valence-corrected chi connectivity index (χ0v) is 17.2. The van der Waals surface area contributed by atoms with E-state index in [2.05, 4.69) is 10.6 Å². The van der Waals surface area contributed by atoms with E-state index in [9.17, 15) is 9.59 Å². The van der Waals surface area contributed by atoms with Gasteiger partial charge in [0.05, 0.1) is 18.6 Å². The van der Waals surface area contributed by atoms with Crippen LogP contribution in [0.3, 0.4) is 0 Å². The molecule has 7 heteroatoms. The fraction of sp³-hybridized carbons (Fsp3) is 0.0909. The largest absolute Gasteiger partial charge is 0.495 e. The van der Waals surface area contributed by atoms with Crippen LogP contribution in [0.25, 0.3) is 0 Å². The second-order valence-electron chi connectivity index (χ2n) is 6.03. The number of benzene rings is 3. The predicted octanol–water partition coefficient (Wildman–Crippen LogP) is 5.33. The molecular formula is C22H19ClN2O3S. The van der Waals surface area contributed by atoms with Gasteiger partial charge in [0.25, 0.3) is 5.91 Å². The maximum atomic E-state index is 12.4. The topological polar surface area (TPSA) is 67.4 Å². The molecule has 0 unspecified atom stereocenters. The number of hydrogen-bond donors (Lipinski definition) is 2. The average molecular weight is 427 g/mol. The van der Waals surface area contributed by atoms with Crippen molar-refractivity contribution >= 4 is 46.6 Å². The summed E-state index contributed by atoms with van der Waals surface area (Å²) in [6.45, 7) is 0. The second kappa shape index (κ2) is 10.0. The van der Waals surface area contributed by atoms with E-state index in [0.29, 0.717) is 27.7 Å². The van der Waals surface area contributed by atoms with Gasteiger partial charge in [0.1, 0.15) is 5.75 Å². The Morgan fingerprint density at radius 1 is 0.966 bits per heavy atom. The summed E-state index contributed by atoms with van der Waals surface area (Å²) in [5.41, 5.74) is 1.75. The third-order valence-corrected chi connectivity index (χ3v) is 5.16. The van der Waals surface area contributed by atoms with E-state index in [0.717, 1.165) is 4.90 Å². The van der Waals surface area contributed by atoms with Crippen LogP contribution >= 0.6 is 23.4 Å². The number of ether oxygens (including phenoxy) is 1. The average Bonchev–Trinajstić information content (AvgIpc) is 2.73. The lowest BCUT2D eigenvalue weighted by Gasteiger charge is -2.10. The van der Waals surface area contributed by atoms with E-state index in [1.165, 1.54) is 11.8 Å². The van der Waals surface area contributed by atoms with Gasteiger partial charge in [0, 0.05) is 21.2 Å². The summed E-state index contributed by atoms with van der Waals surface area (Å²) in [4.78, 5) is 25.5. The van der Waals surface area contributed by atoms with Crippen molar-refractivity contribution in [2.75, 3.05) is 23.5 Å². The first-order chi connectivity index (χ1) is 14.0. The van der Waals surface area contributed by atoms with Crippen LogP contribution in [0.5, 0.6) is 5.75 Å². The number of para-hydroxylation sites is 2. The molecule has 2 N–H and O–H groups in total. The molecule has 0 saturated heterocycles. The summed E-state index contributed by atoms with van der Waals surface area (Å²) < 4.78 is 5.24. The van der Waals surface area contributed by atoms with Gasteiger partial charge in [-0.1, -0.05) is 35.9 Å². The van der Waals surface area contributed by atoms with E-state index in [-0.39, 0.29) is 17.6 Å². The minimum atomic E-state index is -0.247. The van der Waals surface area contributed by atoms with Crippen LogP contribution < -0.4 is 15.4 Å². The number of nitrogens with one attached hydrogen (secondary N) is 2. The third-order valence-electron chi connectivity index (χ3n) is 3.93. The number of amides is 2. The molecule has 0 fully saturated rings. The van der Waals surface area contributed by atoms with Gasteiger partial charge in [-0.25, -0.2) is 0 Å². The van der Waals surface area contributed by atoms with E-state index < -0.39 is 0 Å². The van der Waals surface area contributed by atoms with Crippen molar-refractivity contribution in [3.05, 3.63) is 83.4 Å². The molecular weight excluding hydrogens is 408 g/mol. The van der Waals surface area contributed by atoms with Crippen molar-refractivity contribution < 1.29 is 14.3 Å². The molecule has 0 aliphatic carbocycles. The van der Waals surface area contributed by atoms with Crippen LogP contribution in [0.4, 0.5) is 11.4 Å². The van der Waals surface area contributed by atoms with Crippen molar-refractivity contribution in [1.29, 1.82) is 0 Å². The molecule has 5 nitrogen and oxygen atoms in total. The Bertz CT molecular complexity index is 1030. The molecule has 0 radical (unpaired) electrons. The Kier molecular flexibility index (Phi) is 7.16. The number of anilines is 2. The number of rotatable bonds is 7. The maximum Gasteiger partial charge on any atom is 0.255 e. The van der Waals surface area contributed by atoms with E-state index >= 15 is 0 Å². The molecule has 3 rings (SSSR count). The zero-order valence-electron chi connectivity index (χ0n) is 15.6. The molecule has 0 aliphatic rings. The van der Waals surface area contributed by atoms with Crippen LogP contribution in [-0.2, 0) is 4.79 Å². The van der Waals surface area contributed by atoms with Crippen molar-refractivity contribution in [2.24, 2.45) is 0 Å². The highest BCUT2D eigenvalue weighted by molar-refractivity contribution is 8.00. The number of halogens is 1. The number of methoxy groups -OCH3 is 1. The molecule has 3 aromatic rings. The Balaban J connectivity index is 1.58. The predicted molar refractivity (Wildman–Crippen MR) is 118 cm³/mol. The third kappa shape index (κ3) is 6.01. The van der Waals surface area contributed by atoms with Crippen molar-refractivity contribution in [3.63, 3.8) is 0 Å². The fourth-order valence-electron chi connectivity index (χ4n) is 2.58. The second-order valence-corrected chi connectivity index (χ2v) is 7.51. The normalized spacial score (nSPS) is 10.3. The van der Waals surface area contributed by atoms with Crippen LogP contribution in [0, 0.1) is 0 Å². The van der Waals surface area contributed by atoms with Gasteiger partial charge >= 0.3 is 0 Å². The molecule has 3 aromatic carbocycles. The highest BCUT2D eigenvalue weighted by atomic mass is 35.5. The lowest BCUT2D eigenvalue weighted by molar-refractivity contribution is -0.113. The molecule has 0 spiro atoms. The molecule has 148 valence electrons. The van der Waals surface area contributed by atoms with Gasteiger partial charge < -0.3 is 15.4 Å². The summed E-state index contributed by atoms with van der Waals surface area (Å²) in [5.74, 6) is 0.442. The summed E-state index contributed by atoms with van der Waals surface area (Å²) in [5, 5.41) is 6.18. The Morgan fingerprint density at radius 2 is 1.76 bits per heavy atom. The van der Waals surface area contributed by atoms with E-state index in [1.54, 1.807) is 49.6 Å². The van der Waals surface area contributed by atoms with Crippen LogP contribution in [-0.4, -0.2) is 24.7 Å². The highest BCUT2D eigenvalue weighted by Crippen LogP contribution is 2.25. The number of thioether (sulfide) groups is 1. The zero-order chi connectivity index (χ0) is 20.6. The van der Waals surface area contributed by atoms with E-state index in [4.69, 9.17) is 16.3 Å². The van der Waals surface area contributed by atoms with Gasteiger partial charge in [-0.05, 0) is 48.5 Å². The lowest BCUT2D eigenvalue weighted by Crippen LogP contribution is -2.14. The SMILES string of the molecule is COc1ccccc1NC(=O)CSc1cccc(NC(=O)c2cccc(Cl)c2)c1. The molecule has 0 aliphatic heterocycles. The Hall–Kier alpha value is -2.96. The monoisotopic (exact) mass is 426 g/mol. The first-order valence-electron chi connectivity index (χ1n) is 8.78. The van der Waals surface area contributed by atoms with Crippen LogP contribution in [0.15, 0.2) is 77.7 Å². The first kappa shape index (κ1) is 20.8.